The van der Waals surface area contributed by atoms with Crippen molar-refractivity contribution in [3.05, 3.63) is 59.6 Å². The number of ether oxygens (including phenoxy) is 2. The van der Waals surface area contributed by atoms with Crippen LogP contribution in [0.5, 0.6) is 11.5 Å². The van der Waals surface area contributed by atoms with Crippen LogP contribution in [-0.4, -0.2) is 78.9 Å². The molecule has 1 atom stereocenters. The van der Waals surface area contributed by atoms with Crippen LogP contribution in [0.15, 0.2) is 36.8 Å². The number of nitrogens with one attached hydrogen (secondary N) is 1. The van der Waals surface area contributed by atoms with Gasteiger partial charge in [-0.3, -0.25) is 9.67 Å². The first kappa shape index (κ1) is 25.1. The van der Waals surface area contributed by atoms with Crippen LogP contribution >= 0.6 is 11.9 Å². The molecular formula is C26H30FN7O3S. The van der Waals surface area contributed by atoms with Crippen LogP contribution in [0.4, 0.5) is 4.39 Å². The summed E-state index contributed by atoms with van der Waals surface area (Å²) in [6, 6.07) is 4.70. The van der Waals surface area contributed by atoms with E-state index in [2.05, 4.69) is 31.3 Å². The molecule has 2 N–H and O–H groups in total. The molecule has 4 aromatic rings. The molecule has 6 heterocycles. The molecule has 4 aromatic heterocycles. The van der Waals surface area contributed by atoms with Crippen LogP contribution in [0.2, 0.25) is 0 Å². The van der Waals surface area contributed by atoms with E-state index < -0.39 is 11.9 Å². The molecule has 38 heavy (non-hydrogen) atoms. The second-order valence-electron chi connectivity index (χ2n) is 9.50. The van der Waals surface area contributed by atoms with Gasteiger partial charge in [0, 0.05) is 55.3 Å². The standard InChI is InChI=1S/C26H30FN7O3S/c1-16-21-5-6-32(38-19-11-28-12-19)7-8-33(21)31-25(16)17-9-22(26-23(36-2)13-30-34(26)14-17)37-24(15-35)20-4-3-18(27)10-29-20/h3-4,9-10,13-14,19,24,28,35H,5-8,11-12,15H2,1-2H3. The number of nitrogens with zero attached hydrogens (tertiary/aromatic N) is 6. The third-order valence-electron chi connectivity index (χ3n) is 7.07. The summed E-state index contributed by atoms with van der Waals surface area (Å²) in [6.45, 7) is 6.69. The van der Waals surface area contributed by atoms with Crippen LogP contribution in [0, 0.1) is 12.7 Å². The van der Waals surface area contributed by atoms with E-state index in [0.717, 1.165) is 62.2 Å². The van der Waals surface area contributed by atoms with Crippen LogP contribution in [-0.2, 0) is 13.0 Å². The average molecular weight is 540 g/mol. The molecular weight excluding hydrogens is 509 g/mol. The van der Waals surface area contributed by atoms with Gasteiger partial charge in [0.2, 0.25) is 0 Å². The lowest BCUT2D eigenvalue weighted by Crippen LogP contribution is -2.46. The van der Waals surface area contributed by atoms with Gasteiger partial charge in [-0.15, -0.1) is 0 Å². The van der Waals surface area contributed by atoms with Gasteiger partial charge in [0.25, 0.3) is 0 Å². The minimum Gasteiger partial charge on any atom is -0.493 e. The molecule has 0 radical (unpaired) electrons. The lowest BCUT2D eigenvalue weighted by molar-refractivity contribution is 0.114. The van der Waals surface area contributed by atoms with Crippen LogP contribution in [0.1, 0.15) is 23.1 Å². The number of aromatic nitrogens is 5. The Bertz CT molecular complexity index is 1440. The van der Waals surface area contributed by atoms with Crippen molar-refractivity contribution >= 4 is 17.5 Å². The molecule has 0 amide bonds. The number of pyridine rings is 2. The summed E-state index contributed by atoms with van der Waals surface area (Å²) in [5.41, 5.74) is 5.11. The highest BCUT2D eigenvalue weighted by molar-refractivity contribution is 7.97. The molecule has 2 aliphatic rings. The minimum atomic E-state index is -0.802. The van der Waals surface area contributed by atoms with Crippen molar-refractivity contribution in [2.75, 3.05) is 39.9 Å². The second kappa shape index (κ2) is 10.5. The maximum absolute atomic E-state index is 13.4. The van der Waals surface area contributed by atoms with Gasteiger partial charge in [-0.1, -0.05) is 11.9 Å². The van der Waals surface area contributed by atoms with Crippen molar-refractivity contribution in [3.8, 4) is 22.8 Å². The van der Waals surface area contributed by atoms with Gasteiger partial charge in [0.15, 0.2) is 23.1 Å². The third kappa shape index (κ3) is 4.73. The fourth-order valence-corrected chi connectivity index (χ4v) is 6.10. The van der Waals surface area contributed by atoms with Crippen molar-refractivity contribution < 1.29 is 19.0 Å². The Labute approximate surface area is 223 Å². The zero-order chi connectivity index (χ0) is 26.2. The molecule has 1 unspecified atom stereocenters. The monoisotopic (exact) mass is 539 g/mol. The first-order chi connectivity index (χ1) is 18.5. The van der Waals surface area contributed by atoms with Crippen molar-refractivity contribution in [2.24, 2.45) is 0 Å². The van der Waals surface area contributed by atoms with E-state index in [-0.39, 0.29) is 6.61 Å². The number of rotatable bonds is 8. The van der Waals surface area contributed by atoms with Crippen LogP contribution < -0.4 is 14.8 Å². The molecule has 1 saturated heterocycles. The average Bonchev–Trinajstić information content (AvgIpc) is 3.39. The minimum absolute atomic E-state index is 0.339. The molecule has 2 aliphatic heterocycles. The predicted molar refractivity (Wildman–Crippen MR) is 142 cm³/mol. The number of aliphatic hydroxyl groups is 1. The number of fused-ring (bicyclic) bond motifs is 2. The van der Waals surface area contributed by atoms with Gasteiger partial charge < -0.3 is 19.9 Å². The molecule has 0 bridgehead atoms. The highest BCUT2D eigenvalue weighted by atomic mass is 32.2. The van der Waals surface area contributed by atoms with Gasteiger partial charge in [0.05, 0.1) is 44.0 Å². The van der Waals surface area contributed by atoms with E-state index in [1.807, 2.05) is 24.2 Å². The summed E-state index contributed by atoms with van der Waals surface area (Å²) >= 11 is 1.96. The van der Waals surface area contributed by atoms with Gasteiger partial charge >= 0.3 is 0 Å². The van der Waals surface area contributed by atoms with Crippen molar-refractivity contribution in [1.82, 2.24) is 34.0 Å². The summed E-state index contributed by atoms with van der Waals surface area (Å²) in [5, 5.41) is 23.6. The van der Waals surface area contributed by atoms with Gasteiger partial charge in [0.1, 0.15) is 5.82 Å². The first-order valence-electron chi connectivity index (χ1n) is 12.7. The van der Waals surface area contributed by atoms with E-state index in [9.17, 15) is 9.50 Å². The normalized spacial score (nSPS) is 17.2. The molecule has 6 rings (SSSR count). The summed E-state index contributed by atoms with van der Waals surface area (Å²) in [7, 11) is 1.57. The van der Waals surface area contributed by atoms with E-state index in [1.54, 1.807) is 17.8 Å². The molecule has 10 nitrogen and oxygen atoms in total. The Morgan fingerprint density at radius 2 is 2.08 bits per heavy atom. The smallest absolute Gasteiger partial charge is 0.168 e. The molecule has 200 valence electrons. The Hall–Kier alpha value is -3.19. The zero-order valence-corrected chi connectivity index (χ0v) is 22.1. The van der Waals surface area contributed by atoms with Gasteiger partial charge in [-0.25, -0.2) is 13.2 Å². The fourth-order valence-electron chi connectivity index (χ4n) is 4.91. The highest BCUT2D eigenvalue weighted by Crippen LogP contribution is 2.37. The Balaban J connectivity index is 1.33. The maximum atomic E-state index is 13.4. The summed E-state index contributed by atoms with van der Waals surface area (Å²) in [5.74, 6) is 0.539. The topological polar surface area (TPSA) is 102 Å². The fraction of sp³-hybridized carbons (Fsp3) is 0.423. The second-order valence-corrected chi connectivity index (χ2v) is 10.9. The van der Waals surface area contributed by atoms with Crippen LogP contribution in [0.25, 0.3) is 16.8 Å². The molecule has 0 aliphatic carbocycles. The molecule has 1 fully saturated rings. The quantitative estimate of drug-likeness (QED) is 0.327. The van der Waals surface area contributed by atoms with Crippen molar-refractivity contribution in [3.63, 3.8) is 0 Å². The Morgan fingerprint density at radius 3 is 2.79 bits per heavy atom. The SMILES string of the molecule is COc1cnn2cc(-c3nn4c(c3C)CCN(SC3CNC3)CC4)cc(OC(CO)c3ccc(F)cn3)c12. The summed E-state index contributed by atoms with van der Waals surface area (Å²) in [4.78, 5) is 4.10. The maximum Gasteiger partial charge on any atom is 0.168 e. The Kier molecular flexibility index (Phi) is 6.95. The lowest BCUT2D eigenvalue weighted by Gasteiger charge is -2.31. The van der Waals surface area contributed by atoms with Gasteiger partial charge in [-0.05, 0) is 30.7 Å². The van der Waals surface area contributed by atoms with Gasteiger partial charge in [-0.2, -0.15) is 10.2 Å². The van der Waals surface area contributed by atoms with E-state index in [1.165, 1.54) is 17.8 Å². The largest absolute Gasteiger partial charge is 0.493 e. The number of aliphatic hydroxyl groups excluding tert-OH is 1. The third-order valence-corrected chi connectivity index (χ3v) is 8.37. The number of methoxy groups -OCH3 is 1. The number of hydrogen-bond acceptors (Lipinski definition) is 9. The molecule has 12 heteroatoms. The van der Waals surface area contributed by atoms with E-state index >= 15 is 0 Å². The lowest BCUT2D eigenvalue weighted by atomic mass is 10.1. The Morgan fingerprint density at radius 1 is 1.21 bits per heavy atom. The summed E-state index contributed by atoms with van der Waals surface area (Å²) < 4.78 is 31.5. The van der Waals surface area contributed by atoms with E-state index in [0.29, 0.717) is 28.0 Å². The molecule has 0 spiro atoms. The summed E-state index contributed by atoms with van der Waals surface area (Å²) in [6.07, 6.45) is 4.77. The number of hydrogen-bond donors (Lipinski definition) is 2. The zero-order valence-electron chi connectivity index (χ0n) is 21.3. The van der Waals surface area contributed by atoms with Crippen molar-refractivity contribution in [1.29, 1.82) is 0 Å². The number of halogens is 1. The molecule has 0 aromatic carbocycles. The van der Waals surface area contributed by atoms with E-state index in [4.69, 9.17) is 14.6 Å². The highest BCUT2D eigenvalue weighted by Gasteiger charge is 2.26. The molecule has 0 saturated carbocycles. The van der Waals surface area contributed by atoms with Crippen LogP contribution in [0.3, 0.4) is 0 Å². The first-order valence-corrected chi connectivity index (χ1v) is 13.5. The predicted octanol–water partition coefficient (Wildman–Crippen LogP) is 2.64. The van der Waals surface area contributed by atoms with Crippen molar-refractivity contribution in [2.45, 2.75) is 31.2 Å².